The second-order valence-electron chi connectivity index (χ2n) is 15.1. The number of unbranched alkanes of at least 4 members (excludes halogenated alkanes) is 19. The standard InChI is InChI=1S/C50H87NO3/c1-3-5-7-9-11-13-15-17-19-20-21-22-23-24-25-26-27-28-29-30-32-34-36-38-40-42-44-46-50(54)51-48(47-52)49(53)45-43-41-39-37-35-33-31-18-16-14-12-10-8-6-4-2/h5,7,11,13,17,19,21-22,24-25,27-28,30,32,48-49,52-53H,3-4,6,8-10,12,14-16,18,20,23,26,29,31,33-47H2,1-2H3,(H,51,54)/b7-5-,13-11-,19-17-,22-21-,25-24-,28-27-,32-30-. The van der Waals surface area contributed by atoms with Gasteiger partial charge in [0.25, 0.3) is 0 Å². The Labute approximate surface area is 335 Å². The highest BCUT2D eigenvalue weighted by Gasteiger charge is 2.19. The van der Waals surface area contributed by atoms with Crippen molar-refractivity contribution >= 4 is 5.91 Å². The highest BCUT2D eigenvalue weighted by atomic mass is 16.3. The largest absolute Gasteiger partial charge is 0.394 e. The van der Waals surface area contributed by atoms with Gasteiger partial charge in [0, 0.05) is 6.42 Å². The third-order valence-corrected chi connectivity index (χ3v) is 9.92. The maximum Gasteiger partial charge on any atom is 0.220 e. The molecule has 4 heteroatoms. The zero-order chi connectivity index (χ0) is 39.3. The number of rotatable bonds is 40. The van der Waals surface area contributed by atoms with E-state index in [0.717, 1.165) is 83.5 Å². The van der Waals surface area contributed by atoms with Crippen LogP contribution in [0.2, 0.25) is 0 Å². The minimum atomic E-state index is -0.673. The van der Waals surface area contributed by atoms with E-state index in [0.29, 0.717) is 12.8 Å². The molecule has 0 aliphatic rings. The summed E-state index contributed by atoms with van der Waals surface area (Å²) in [5, 5.41) is 23.2. The van der Waals surface area contributed by atoms with E-state index in [2.05, 4.69) is 104 Å². The Morgan fingerprint density at radius 1 is 0.463 bits per heavy atom. The molecule has 3 N–H and O–H groups in total. The number of amides is 1. The van der Waals surface area contributed by atoms with E-state index >= 15 is 0 Å². The molecule has 0 aromatic rings. The average molecular weight is 750 g/mol. The van der Waals surface area contributed by atoms with Crippen LogP contribution in [-0.4, -0.2) is 34.9 Å². The summed E-state index contributed by atoms with van der Waals surface area (Å²) in [6, 6.07) is -0.552. The first kappa shape index (κ1) is 51.6. The predicted molar refractivity (Wildman–Crippen MR) is 239 cm³/mol. The summed E-state index contributed by atoms with van der Waals surface area (Å²) < 4.78 is 0. The van der Waals surface area contributed by atoms with Gasteiger partial charge in [-0.15, -0.1) is 0 Å². The number of carbonyl (C=O) groups is 1. The van der Waals surface area contributed by atoms with Gasteiger partial charge in [0.2, 0.25) is 5.91 Å². The van der Waals surface area contributed by atoms with Crippen molar-refractivity contribution in [3.63, 3.8) is 0 Å². The molecule has 0 heterocycles. The fraction of sp³-hybridized carbons (Fsp3) is 0.700. The first-order chi connectivity index (χ1) is 26.7. The molecule has 0 aliphatic heterocycles. The predicted octanol–water partition coefficient (Wildman–Crippen LogP) is 14.5. The van der Waals surface area contributed by atoms with Crippen molar-refractivity contribution in [2.75, 3.05) is 6.61 Å². The maximum absolute atomic E-state index is 12.4. The molecule has 0 aromatic carbocycles. The number of hydrogen-bond acceptors (Lipinski definition) is 3. The average Bonchev–Trinajstić information content (AvgIpc) is 3.18. The van der Waals surface area contributed by atoms with Crippen LogP contribution < -0.4 is 5.32 Å². The first-order valence-corrected chi connectivity index (χ1v) is 22.8. The SMILES string of the molecule is CC/C=C\C/C=C\C/C=C\C/C=C\C/C=C\C/C=C\C/C=C\CCCCCCCC(=O)NC(CO)C(O)CCCCCCCCCCCCCCCCC. The lowest BCUT2D eigenvalue weighted by molar-refractivity contribution is -0.123. The molecule has 2 atom stereocenters. The van der Waals surface area contributed by atoms with Gasteiger partial charge in [-0.05, 0) is 70.6 Å². The molecular formula is C50H87NO3. The monoisotopic (exact) mass is 750 g/mol. The van der Waals surface area contributed by atoms with E-state index < -0.39 is 12.1 Å². The minimum Gasteiger partial charge on any atom is -0.394 e. The van der Waals surface area contributed by atoms with Crippen molar-refractivity contribution in [2.24, 2.45) is 0 Å². The van der Waals surface area contributed by atoms with Crippen LogP contribution in [0.25, 0.3) is 0 Å². The summed E-state index contributed by atoms with van der Waals surface area (Å²) in [5.74, 6) is -0.0538. The summed E-state index contributed by atoms with van der Waals surface area (Å²) in [5.41, 5.74) is 0. The van der Waals surface area contributed by atoms with Gasteiger partial charge < -0.3 is 15.5 Å². The lowest BCUT2D eigenvalue weighted by Gasteiger charge is -2.22. The second kappa shape index (κ2) is 45.0. The second-order valence-corrected chi connectivity index (χ2v) is 15.1. The Hall–Kier alpha value is -2.43. The van der Waals surface area contributed by atoms with Gasteiger partial charge in [0.15, 0.2) is 0 Å². The molecule has 0 aromatic heterocycles. The van der Waals surface area contributed by atoms with Crippen molar-refractivity contribution in [1.82, 2.24) is 5.32 Å². The molecule has 0 radical (unpaired) electrons. The zero-order valence-electron chi connectivity index (χ0n) is 35.5. The summed E-state index contributed by atoms with van der Waals surface area (Å²) in [7, 11) is 0. The third-order valence-electron chi connectivity index (χ3n) is 9.92. The molecule has 0 spiro atoms. The van der Waals surface area contributed by atoms with E-state index in [4.69, 9.17) is 0 Å². The topological polar surface area (TPSA) is 69.6 Å². The molecule has 54 heavy (non-hydrogen) atoms. The molecule has 4 nitrogen and oxygen atoms in total. The van der Waals surface area contributed by atoms with E-state index in [-0.39, 0.29) is 12.5 Å². The summed E-state index contributed by atoms with van der Waals surface area (Å²) >= 11 is 0. The number of carbonyl (C=O) groups excluding carboxylic acids is 1. The maximum atomic E-state index is 12.4. The smallest absolute Gasteiger partial charge is 0.220 e. The van der Waals surface area contributed by atoms with Gasteiger partial charge in [0.05, 0.1) is 18.8 Å². The Balaban J connectivity index is 3.64. The minimum absolute atomic E-state index is 0.0538. The van der Waals surface area contributed by atoms with Gasteiger partial charge in [-0.2, -0.15) is 0 Å². The summed E-state index contributed by atoms with van der Waals surface area (Å²) in [6.07, 6.45) is 65.1. The van der Waals surface area contributed by atoms with Gasteiger partial charge in [-0.1, -0.05) is 214 Å². The molecule has 0 saturated heterocycles. The van der Waals surface area contributed by atoms with Gasteiger partial charge in [-0.3, -0.25) is 4.79 Å². The lowest BCUT2D eigenvalue weighted by Crippen LogP contribution is -2.45. The van der Waals surface area contributed by atoms with Gasteiger partial charge in [-0.25, -0.2) is 0 Å². The Morgan fingerprint density at radius 2 is 0.815 bits per heavy atom. The highest BCUT2D eigenvalue weighted by Crippen LogP contribution is 2.15. The fourth-order valence-corrected chi connectivity index (χ4v) is 6.46. The van der Waals surface area contributed by atoms with Crippen LogP contribution in [0.4, 0.5) is 0 Å². The Bertz CT molecular complexity index is 988. The molecule has 0 bridgehead atoms. The zero-order valence-corrected chi connectivity index (χ0v) is 35.5. The molecule has 0 fully saturated rings. The number of nitrogens with one attached hydrogen (secondary N) is 1. The molecule has 0 aliphatic carbocycles. The molecule has 1 amide bonds. The Morgan fingerprint density at radius 3 is 1.22 bits per heavy atom. The molecular weight excluding hydrogens is 663 g/mol. The fourth-order valence-electron chi connectivity index (χ4n) is 6.46. The van der Waals surface area contributed by atoms with E-state index in [9.17, 15) is 15.0 Å². The van der Waals surface area contributed by atoms with Crippen LogP contribution in [0.15, 0.2) is 85.1 Å². The van der Waals surface area contributed by atoms with Gasteiger partial charge in [0.1, 0.15) is 0 Å². The summed E-state index contributed by atoms with van der Waals surface area (Å²) in [6.45, 7) is 4.23. The Kier molecular flexibility index (Phi) is 42.9. The summed E-state index contributed by atoms with van der Waals surface area (Å²) in [4.78, 5) is 12.4. The third kappa shape index (κ3) is 40.7. The van der Waals surface area contributed by atoms with Crippen molar-refractivity contribution in [2.45, 2.75) is 219 Å². The number of hydrogen-bond donors (Lipinski definition) is 3. The van der Waals surface area contributed by atoms with Crippen LogP contribution >= 0.6 is 0 Å². The van der Waals surface area contributed by atoms with E-state index in [1.165, 1.54) is 96.3 Å². The van der Waals surface area contributed by atoms with Gasteiger partial charge >= 0.3 is 0 Å². The van der Waals surface area contributed by atoms with Crippen molar-refractivity contribution in [3.05, 3.63) is 85.1 Å². The number of allylic oxidation sites excluding steroid dienone is 14. The molecule has 0 saturated carbocycles. The van der Waals surface area contributed by atoms with Crippen LogP contribution in [-0.2, 0) is 4.79 Å². The first-order valence-electron chi connectivity index (χ1n) is 22.8. The van der Waals surface area contributed by atoms with E-state index in [1.807, 2.05) is 0 Å². The van der Waals surface area contributed by atoms with Crippen LogP contribution in [0.1, 0.15) is 206 Å². The van der Waals surface area contributed by atoms with Crippen LogP contribution in [0.3, 0.4) is 0 Å². The number of aliphatic hydroxyl groups excluding tert-OH is 2. The van der Waals surface area contributed by atoms with Crippen molar-refractivity contribution in [3.8, 4) is 0 Å². The molecule has 2 unspecified atom stereocenters. The quantitative estimate of drug-likeness (QED) is 0.0431. The highest BCUT2D eigenvalue weighted by molar-refractivity contribution is 5.76. The number of aliphatic hydroxyl groups is 2. The van der Waals surface area contributed by atoms with Crippen LogP contribution in [0.5, 0.6) is 0 Å². The van der Waals surface area contributed by atoms with Crippen LogP contribution in [0, 0.1) is 0 Å². The molecule has 310 valence electrons. The molecule has 0 rings (SSSR count). The normalized spacial score (nSPS) is 13.8. The van der Waals surface area contributed by atoms with E-state index in [1.54, 1.807) is 0 Å². The van der Waals surface area contributed by atoms with Crippen molar-refractivity contribution in [1.29, 1.82) is 0 Å². The van der Waals surface area contributed by atoms with Crippen molar-refractivity contribution < 1.29 is 15.0 Å². The lowest BCUT2D eigenvalue weighted by atomic mass is 10.0.